The molecule has 6 atom stereocenters. The van der Waals surface area contributed by atoms with Crippen molar-refractivity contribution < 1.29 is 39.8 Å². The summed E-state index contributed by atoms with van der Waals surface area (Å²) in [6.07, 6.45) is -2.53. The summed E-state index contributed by atoms with van der Waals surface area (Å²) in [6, 6.07) is 0. The van der Waals surface area contributed by atoms with E-state index in [0.717, 1.165) is 6.42 Å². The Labute approximate surface area is 141 Å². The number of aliphatic carboxylic acids is 1. The van der Waals surface area contributed by atoms with E-state index in [1.165, 1.54) is 0 Å². The second kappa shape index (κ2) is 10.1. The molecule has 0 bridgehead atoms. The van der Waals surface area contributed by atoms with Gasteiger partial charge in [0.05, 0.1) is 13.2 Å². The highest BCUT2D eigenvalue weighted by molar-refractivity contribution is 5.85. The van der Waals surface area contributed by atoms with E-state index in [0.29, 0.717) is 18.4 Å². The lowest BCUT2D eigenvalue weighted by molar-refractivity contribution is -0.301. The summed E-state index contributed by atoms with van der Waals surface area (Å²) in [5.41, 5.74) is 0.319. The number of hydrogen-bond acceptors (Lipinski definition) is 7. The molecule has 0 amide bonds. The molecule has 140 valence electrons. The van der Waals surface area contributed by atoms with E-state index in [1.807, 2.05) is 6.92 Å². The fraction of sp³-hybridized carbons (Fsp3) is 0.812. The van der Waals surface area contributed by atoms with Gasteiger partial charge in [0.1, 0.15) is 24.4 Å². The third-order valence-corrected chi connectivity index (χ3v) is 4.19. The highest BCUT2D eigenvalue weighted by atomic mass is 16.7. The van der Waals surface area contributed by atoms with E-state index >= 15 is 0 Å². The molecule has 1 fully saturated rings. The van der Waals surface area contributed by atoms with Crippen LogP contribution >= 0.6 is 0 Å². The summed E-state index contributed by atoms with van der Waals surface area (Å²) < 4.78 is 10.7. The van der Waals surface area contributed by atoms with Gasteiger partial charge in [0.2, 0.25) is 0 Å². The number of ether oxygens (including phenoxy) is 2. The Bertz CT molecular complexity index is 422. The summed E-state index contributed by atoms with van der Waals surface area (Å²) in [4.78, 5) is 10.7. The molecule has 1 aliphatic heterocycles. The molecule has 1 rings (SSSR count). The molecular formula is C16H28O8. The number of allylic oxidation sites excluding steroid dienone is 1. The second-order valence-corrected chi connectivity index (χ2v) is 6.23. The van der Waals surface area contributed by atoms with Gasteiger partial charge in [0.25, 0.3) is 0 Å². The van der Waals surface area contributed by atoms with Crippen LogP contribution in [0.3, 0.4) is 0 Å². The van der Waals surface area contributed by atoms with Gasteiger partial charge in [-0.05, 0) is 32.1 Å². The van der Waals surface area contributed by atoms with Crippen LogP contribution in [0.4, 0.5) is 0 Å². The third kappa shape index (κ3) is 6.12. The lowest BCUT2D eigenvalue weighted by Gasteiger charge is -2.39. The Morgan fingerprint density at radius 3 is 2.46 bits per heavy atom. The molecule has 1 aliphatic rings. The van der Waals surface area contributed by atoms with Crippen molar-refractivity contribution >= 4 is 5.97 Å². The molecule has 0 spiro atoms. The molecule has 0 radical (unpaired) electrons. The average molecular weight is 348 g/mol. The van der Waals surface area contributed by atoms with Crippen molar-refractivity contribution in [3.05, 3.63) is 11.6 Å². The van der Waals surface area contributed by atoms with Crippen molar-refractivity contribution in [2.24, 2.45) is 5.92 Å². The van der Waals surface area contributed by atoms with Crippen molar-refractivity contribution in [3.8, 4) is 0 Å². The van der Waals surface area contributed by atoms with Crippen LogP contribution in [0.2, 0.25) is 0 Å². The maximum Gasteiger partial charge on any atom is 0.330 e. The smallest absolute Gasteiger partial charge is 0.330 e. The largest absolute Gasteiger partial charge is 0.478 e. The van der Waals surface area contributed by atoms with Crippen molar-refractivity contribution in [3.63, 3.8) is 0 Å². The summed E-state index contributed by atoms with van der Waals surface area (Å²) >= 11 is 0. The minimum absolute atomic E-state index is 0.269. The molecule has 0 unspecified atom stereocenters. The number of carboxylic acid groups (broad SMARTS) is 1. The Kier molecular flexibility index (Phi) is 8.82. The van der Waals surface area contributed by atoms with Gasteiger partial charge < -0.3 is 35.0 Å². The molecule has 5 N–H and O–H groups in total. The maximum atomic E-state index is 10.7. The highest BCUT2D eigenvalue weighted by Crippen LogP contribution is 2.22. The number of hydrogen-bond donors (Lipinski definition) is 5. The Morgan fingerprint density at radius 2 is 1.88 bits per heavy atom. The first-order valence-corrected chi connectivity index (χ1v) is 8.10. The van der Waals surface area contributed by atoms with Gasteiger partial charge in [0, 0.05) is 5.57 Å². The highest BCUT2D eigenvalue weighted by Gasteiger charge is 2.43. The first-order valence-electron chi connectivity index (χ1n) is 8.10. The Hall–Kier alpha value is -1.03. The molecule has 24 heavy (non-hydrogen) atoms. The van der Waals surface area contributed by atoms with E-state index in [2.05, 4.69) is 0 Å². The topological polar surface area (TPSA) is 137 Å². The van der Waals surface area contributed by atoms with Gasteiger partial charge in [-0.1, -0.05) is 13.0 Å². The SMILES string of the molecule is C/C(=C\CC[C@H](C)CCO[C@@H]1O[C@H](CO)[C@@H](O)[C@H](O)[C@H]1O)C(=O)O. The zero-order valence-corrected chi connectivity index (χ0v) is 14.0. The van der Waals surface area contributed by atoms with Crippen molar-refractivity contribution in [2.75, 3.05) is 13.2 Å². The molecule has 1 heterocycles. The van der Waals surface area contributed by atoms with E-state index in [4.69, 9.17) is 19.7 Å². The summed E-state index contributed by atoms with van der Waals surface area (Å²) in [5, 5.41) is 47.0. The van der Waals surface area contributed by atoms with Crippen LogP contribution in [-0.2, 0) is 14.3 Å². The molecule has 0 saturated carbocycles. The monoisotopic (exact) mass is 348 g/mol. The van der Waals surface area contributed by atoms with Crippen LogP contribution in [0.25, 0.3) is 0 Å². The zero-order valence-electron chi connectivity index (χ0n) is 14.0. The van der Waals surface area contributed by atoms with Gasteiger partial charge in [-0.3, -0.25) is 0 Å². The molecule has 0 aromatic heterocycles. The fourth-order valence-corrected chi connectivity index (χ4v) is 2.41. The second-order valence-electron chi connectivity index (χ2n) is 6.23. The van der Waals surface area contributed by atoms with Gasteiger partial charge in [-0.25, -0.2) is 4.79 Å². The number of aliphatic hydroxyl groups excluding tert-OH is 4. The van der Waals surface area contributed by atoms with Crippen molar-refractivity contribution in [2.45, 2.75) is 63.8 Å². The number of aliphatic hydroxyl groups is 4. The first kappa shape index (κ1) is 21.0. The number of carbonyl (C=O) groups is 1. The van der Waals surface area contributed by atoms with E-state index in [-0.39, 0.29) is 12.5 Å². The van der Waals surface area contributed by atoms with Gasteiger partial charge >= 0.3 is 5.97 Å². The minimum Gasteiger partial charge on any atom is -0.478 e. The standard InChI is InChI=1S/C16H28O8/c1-9(4-3-5-10(2)15(21)22)6-7-23-16-14(20)13(19)12(18)11(8-17)24-16/h5,9,11-14,16-20H,3-4,6-8H2,1-2H3,(H,21,22)/b10-5+/t9-,11+,12+,13-,14+,16+/m0/s1. The van der Waals surface area contributed by atoms with Gasteiger partial charge in [-0.2, -0.15) is 0 Å². The van der Waals surface area contributed by atoms with Gasteiger partial charge in [0.15, 0.2) is 6.29 Å². The van der Waals surface area contributed by atoms with Crippen LogP contribution in [0.15, 0.2) is 11.6 Å². The van der Waals surface area contributed by atoms with E-state index in [1.54, 1.807) is 13.0 Å². The molecule has 0 aromatic rings. The quantitative estimate of drug-likeness (QED) is 0.356. The molecule has 8 heteroatoms. The van der Waals surface area contributed by atoms with E-state index in [9.17, 15) is 20.1 Å². The van der Waals surface area contributed by atoms with Crippen LogP contribution in [0.5, 0.6) is 0 Å². The lowest BCUT2D eigenvalue weighted by Crippen LogP contribution is -2.59. The number of rotatable bonds is 9. The van der Waals surface area contributed by atoms with Crippen LogP contribution in [-0.4, -0.2) is 75.4 Å². The maximum absolute atomic E-state index is 10.7. The van der Waals surface area contributed by atoms with Crippen LogP contribution < -0.4 is 0 Å². The van der Waals surface area contributed by atoms with E-state index < -0.39 is 43.3 Å². The van der Waals surface area contributed by atoms with Crippen LogP contribution in [0, 0.1) is 5.92 Å². The molecular weight excluding hydrogens is 320 g/mol. The Morgan fingerprint density at radius 1 is 1.21 bits per heavy atom. The van der Waals surface area contributed by atoms with Crippen molar-refractivity contribution in [1.82, 2.24) is 0 Å². The first-order chi connectivity index (χ1) is 11.3. The zero-order chi connectivity index (χ0) is 18.3. The lowest BCUT2D eigenvalue weighted by atomic mass is 9.99. The summed E-state index contributed by atoms with van der Waals surface area (Å²) in [5.74, 6) is -0.652. The summed E-state index contributed by atoms with van der Waals surface area (Å²) in [6.45, 7) is 3.33. The summed E-state index contributed by atoms with van der Waals surface area (Å²) in [7, 11) is 0. The fourth-order valence-electron chi connectivity index (χ4n) is 2.41. The molecule has 8 nitrogen and oxygen atoms in total. The van der Waals surface area contributed by atoms with Crippen LogP contribution in [0.1, 0.15) is 33.1 Å². The van der Waals surface area contributed by atoms with Gasteiger partial charge in [-0.15, -0.1) is 0 Å². The predicted molar refractivity (Wildman–Crippen MR) is 84.1 cm³/mol. The molecule has 0 aromatic carbocycles. The Balaban J connectivity index is 2.33. The number of carboxylic acids is 1. The molecule has 0 aliphatic carbocycles. The predicted octanol–water partition coefficient (Wildman–Crippen LogP) is -0.360. The third-order valence-electron chi connectivity index (χ3n) is 4.19. The average Bonchev–Trinajstić information content (AvgIpc) is 2.54. The molecule has 1 saturated heterocycles. The minimum atomic E-state index is -1.44. The normalized spacial score (nSPS) is 32.6. The van der Waals surface area contributed by atoms with Crippen molar-refractivity contribution in [1.29, 1.82) is 0 Å².